The first kappa shape index (κ1) is 18.4. The van der Waals surface area contributed by atoms with Crippen LogP contribution in [0.1, 0.15) is 24.8 Å². The number of para-hydroxylation sites is 1. The molecule has 1 amide bonds. The molecule has 25 heavy (non-hydrogen) atoms. The Morgan fingerprint density at radius 2 is 2.04 bits per heavy atom. The normalized spacial score (nSPS) is 25.3. The second kappa shape index (κ2) is 7.43. The molecular weight excluding hydrogens is 338 g/mol. The molecule has 0 radical (unpaired) electrons. The highest BCUT2D eigenvalue weighted by molar-refractivity contribution is 7.88. The van der Waals surface area contributed by atoms with E-state index >= 15 is 0 Å². The first-order chi connectivity index (χ1) is 11.8. The predicted octanol–water partition coefficient (Wildman–Crippen LogP) is 1.54. The number of piperidine rings is 1. The number of fused-ring (bicyclic) bond motifs is 1. The summed E-state index contributed by atoms with van der Waals surface area (Å²) in [4.78, 5) is 14.9. The number of likely N-dealkylation sites (tertiary alicyclic amines) is 1. The first-order valence-electron chi connectivity index (χ1n) is 8.88. The number of nitrogens with one attached hydrogen (secondary N) is 1. The largest absolute Gasteiger partial charge is 0.324 e. The Hall–Kier alpha value is -1.44. The van der Waals surface area contributed by atoms with Crippen LogP contribution in [0.15, 0.2) is 24.3 Å². The minimum Gasteiger partial charge on any atom is -0.324 e. The van der Waals surface area contributed by atoms with Gasteiger partial charge in [-0.25, -0.2) is 12.7 Å². The quantitative estimate of drug-likeness (QED) is 0.879. The molecule has 0 spiro atoms. The fraction of sp³-hybridized carbons (Fsp3) is 0.611. The van der Waals surface area contributed by atoms with Crippen LogP contribution in [0.3, 0.4) is 0 Å². The van der Waals surface area contributed by atoms with E-state index in [1.165, 1.54) is 16.1 Å². The molecule has 7 heteroatoms. The van der Waals surface area contributed by atoms with E-state index in [-0.39, 0.29) is 17.9 Å². The third-order valence-corrected chi connectivity index (χ3v) is 6.62. The molecule has 6 nitrogen and oxygen atoms in total. The van der Waals surface area contributed by atoms with Gasteiger partial charge in [0.15, 0.2) is 0 Å². The Balaban J connectivity index is 1.66. The van der Waals surface area contributed by atoms with E-state index in [1.54, 1.807) is 7.05 Å². The second-order valence-electron chi connectivity index (χ2n) is 7.25. The molecule has 2 aliphatic rings. The molecule has 0 bridgehead atoms. The van der Waals surface area contributed by atoms with Crippen molar-refractivity contribution in [2.24, 2.45) is 5.92 Å². The number of rotatable bonds is 4. The lowest BCUT2D eigenvalue weighted by molar-refractivity contribution is -0.122. The Kier molecular flexibility index (Phi) is 5.46. The van der Waals surface area contributed by atoms with Crippen molar-refractivity contribution >= 4 is 21.6 Å². The van der Waals surface area contributed by atoms with E-state index in [1.807, 2.05) is 18.2 Å². The summed E-state index contributed by atoms with van der Waals surface area (Å²) >= 11 is 0. The van der Waals surface area contributed by atoms with Crippen molar-refractivity contribution in [1.82, 2.24) is 9.21 Å². The minimum absolute atomic E-state index is 0.0575. The highest BCUT2D eigenvalue weighted by Gasteiger charge is 2.33. The van der Waals surface area contributed by atoms with Crippen LogP contribution in [0.5, 0.6) is 0 Å². The summed E-state index contributed by atoms with van der Waals surface area (Å²) in [5.74, 6) is 0.328. The van der Waals surface area contributed by atoms with Gasteiger partial charge in [-0.05, 0) is 49.8 Å². The van der Waals surface area contributed by atoms with Gasteiger partial charge in [-0.2, -0.15) is 0 Å². The number of carbonyl (C=O) groups is 1. The maximum Gasteiger partial charge on any atom is 0.241 e. The molecule has 1 fully saturated rings. The van der Waals surface area contributed by atoms with Crippen LogP contribution in [0, 0.1) is 5.92 Å². The fourth-order valence-corrected chi connectivity index (χ4v) is 4.36. The molecule has 0 aliphatic carbocycles. The first-order valence-corrected chi connectivity index (χ1v) is 10.7. The maximum absolute atomic E-state index is 12.7. The monoisotopic (exact) mass is 365 g/mol. The standard InChI is InChI=1S/C18H27N3O3S/c1-20(25(2,23)24)12-14-6-5-11-21(13-14)17-10-9-15-7-3-4-8-16(15)19-18(17)22/h3-4,7-8,14,17H,5-6,9-13H2,1-2H3,(H,19,22). The fourth-order valence-electron chi connectivity index (χ4n) is 3.88. The zero-order valence-corrected chi connectivity index (χ0v) is 15.8. The van der Waals surface area contributed by atoms with Gasteiger partial charge in [-0.3, -0.25) is 9.69 Å². The van der Waals surface area contributed by atoms with Crippen LogP contribution in [-0.4, -0.2) is 62.5 Å². The molecule has 1 aromatic carbocycles. The van der Waals surface area contributed by atoms with Gasteiger partial charge in [0, 0.05) is 25.8 Å². The number of carbonyl (C=O) groups excluding carboxylic acids is 1. The zero-order valence-electron chi connectivity index (χ0n) is 14.9. The second-order valence-corrected chi connectivity index (χ2v) is 9.34. The Morgan fingerprint density at radius 3 is 2.80 bits per heavy atom. The van der Waals surface area contributed by atoms with E-state index < -0.39 is 10.0 Å². The van der Waals surface area contributed by atoms with Gasteiger partial charge in [-0.1, -0.05) is 18.2 Å². The van der Waals surface area contributed by atoms with Crippen LogP contribution < -0.4 is 5.32 Å². The molecule has 1 N–H and O–H groups in total. The zero-order chi connectivity index (χ0) is 18.0. The van der Waals surface area contributed by atoms with Crippen LogP contribution in [0.2, 0.25) is 0 Å². The van der Waals surface area contributed by atoms with E-state index in [0.29, 0.717) is 6.54 Å². The van der Waals surface area contributed by atoms with Crippen molar-refractivity contribution in [3.63, 3.8) is 0 Å². The Labute approximate surface area is 150 Å². The summed E-state index contributed by atoms with van der Waals surface area (Å²) < 4.78 is 24.7. The van der Waals surface area contributed by atoms with Gasteiger partial charge >= 0.3 is 0 Å². The summed E-state index contributed by atoms with van der Waals surface area (Å²) in [5.41, 5.74) is 2.10. The SMILES string of the molecule is CN(CC1CCCN(C2CCc3ccccc3NC2=O)C1)S(C)(=O)=O. The van der Waals surface area contributed by atoms with Crippen molar-refractivity contribution in [3.8, 4) is 0 Å². The lowest BCUT2D eigenvalue weighted by atomic mass is 9.95. The average Bonchev–Trinajstić information content (AvgIpc) is 2.72. The molecule has 0 aromatic heterocycles. The van der Waals surface area contributed by atoms with Crippen LogP contribution in [-0.2, 0) is 21.2 Å². The van der Waals surface area contributed by atoms with Crippen LogP contribution in [0.25, 0.3) is 0 Å². The molecule has 0 saturated carbocycles. The van der Waals surface area contributed by atoms with Gasteiger partial charge in [0.05, 0.1) is 12.3 Å². The highest BCUT2D eigenvalue weighted by Crippen LogP contribution is 2.27. The lowest BCUT2D eigenvalue weighted by Crippen LogP contribution is -2.50. The summed E-state index contributed by atoms with van der Waals surface area (Å²) in [7, 11) is -1.53. The number of amides is 1. The molecule has 2 aliphatic heterocycles. The third-order valence-electron chi connectivity index (χ3n) is 5.34. The van der Waals surface area contributed by atoms with Gasteiger partial charge < -0.3 is 5.32 Å². The summed E-state index contributed by atoms with van der Waals surface area (Å²) in [6, 6.07) is 7.83. The summed E-state index contributed by atoms with van der Waals surface area (Å²) in [6.45, 7) is 2.19. The molecule has 2 heterocycles. The third kappa shape index (κ3) is 4.40. The number of benzene rings is 1. The number of hydrogen-bond acceptors (Lipinski definition) is 4. The average molecular weight is 365 g/mol. The van der Waals surface area contributed by atoms with Crippen molar-refractivity contribution in [1.29, 1.82) is 0 Å². The highest BCUT2D eigenvalue weighted by atomic mass is 32.2. The summed E-state index contributed by atoms with van der Waals surface area (Å²) in [5, 5.41) is 3.06. The number of anilines is 1. The molecule has 1 saturated heterocycles. The van der Waals surface area contributed by atoms with E-state index in [2.05, 4.69) is 16.3 Å². The van der Waals surface area contributed by atoms with Crippen molar-refractivity contribution in [3.05, 3.63) is 29.8 Å². The molecule has 3 rings (SSSR count). The molecule has 1 aromatic rings. The number of aryl methyl sites for hydroxylation is 1. The summed E-state index contributed by atoms with van der Waals surface area (Å²) in [6.07, 6.45) is 4.93. The number of sulfonamides is 1. The minimum atomic E-state index is -3.16. The Bertz CT molecular complexity index is 735. The Morgan fingerprint density at radius 1 is 1.28 bits per heavy atom. The predicted molar refractivity (Wildman–Crippen MR) is 99.0 cm³/mol. The van der Waals surface area contributed by atoms with Crippen molar-refractivity contribution in [2.75, 3.05) is 38.3 Å². The van der Waals surface area contributed by atoms with Gasteiger partial charge in [0.1, 0.15) is 0 Å². The van der Waals surface area contributed by atoms with Crippen LogP contribution in [0.4, 0.5) is 5.69 Å². The molecule has 2 unspecified atom stereocenters. The van der Waals surface area contributed by atoms with Gasteiger partial charge in [0.2, 0.25) is 15.9 Å². The lowest BCUT2D eigenvalue weighted by Gasteiger charge is -2.38. The molecule has 2 atom stereocenters. The van der Waals surface area contributed by atoms with Crippen molar-refractivity contribution < 1.29 is 13.2 Å². The van der Waals surface area contributed by atoms with Crippen LogP contribution >= 0.6 is 0 Å². The van der Waals surface area contributed by atoms with E-state index in [0.717, 1.165) is 44.5 Å². The van der Waals surface area contributed by atoms with E-state index in [4.69, 9.17) is 0 Å². The van der Waals surface area contributed by atoms with E-state index in [9.17, 15) is 13.2 Å². The maximum atomic E-state index is 12.7. The molecule has 138 valence electrons. The van der Waals surface area contributed by atoms with Gasteiger partial charge in [-0.15, -0.1) is 0 Å². The molecular formula is C18H27N3O3S. The topological polar surface area (TPSA) is 69.7 Å². The smallest absolute Gasteiger partial charge is 0.241 e. The van der Waals surface area contributed by atoms with Gasteiger partial charge in [0.25, 0.3) is 0 Å². The number of nitrogens with zero attached hydrogens (tertiary/aromatic N) is 2. The number of hydrogen-bond donors (Lipinski definition) is 1. The van der Waals surface area contributed by atoms with Crippen molar-refractivity contribution in [2.45, 2.75) is 31.7 Å².